The number of furan rings is 1. The van der Waals surface area contributed by atoms with E-state index in [1.165, 1.54) is 9.78 Å². The molecule has 0 aliphatic carbocycles. The van der Waals surface area contributed by atoms with E-state index in [0.29, 0.717) is 39.4 Å². The lowest BCUT2D eigenvalue weighted by atomic mass is 9.93. The van der Waals surface area contributed by atoms with Gasteiger partial charge in [-0.25, -0.2) is 0 Å². The minimum atomic E-state index is -0.381. The zero-order valence-electron chi connectivity index (χ0n) is 20.1. The van der Waals surface area contributed by atoms with Gasteiger partial charge in [-0.3, -0.25) is 9.59 Å². The molecule has 6 rings (SSSR count). The Bertz CT molecular complexity index is 1500. The van der Waals surface area contributed by atoms with E-state index in [0.717, 1.165) is 17.5 Å². The van der Waals surface area contributed by atoms with Crippen LogP contribution in [-0.4, -0.2) is 41.5 Å². The zero-order chi connectivity index (χ0) is 26.2. The van der Waals surface area contributed by atoms with Gasteiger partial charge in [-0.05, 0) is 71.5 Å². The van der Waals surface area contributed by atoms with E-state index in [9.17, 15) is 9.59 Å². The second-order valence-corrected chi connectivity index (χ2v) is 10.9. The molecule has 2 aromatic heterocycles. The van der Waals surface area contributed by atoms with E-state index in [-0.39, 0.29) is 37.7 Å². The molecular formula is C28H22Cl2N2O5S. The van der Waals surface area contributed by atoms with Crippen LogP contribution in [0.3, 0.4) is 0 Å². The minimum Gasteiger partial charge on any atom is -0.467 e. The van der Waals surface area contributed by atoms with Crippen LogP contribution < -0.4 is 9.47 Å². The fourth-order valence-electron chi connectivity index (χ4n) is 4.90. The highest BCUT2D eigenvalue weighted by Crippen LogP contribution is 2.41. The standard InChI is InChI=1S/C28H22Cl2N2O5S/c29-18-4-5-20(22(30)13-18)27-21-8-11-38-25(21)7-9-32(27)26(33)15-31(14-19-2-1-10-35-19)28(34)17-3-6-23-24(12-17)37-16-36-23/h1-6,8,10-13,27H,7,9,14-16H2. The summed E-state index contributed by atoms with van der Waals surface area (Å²) < 4.78 is 16.3. The number of carbonyl (C=O) groups is 2. The van der Waals surface area contributed by atoms with E-state index in [4.69, 9.17) is 37.1 Å². The molecule has 10 heteroatoms. The van der Waals surface area contributed by atoms with Gasteiger partial charge in [0.2, 0.25) is 12.7 Å². The lowest BCUT2D eigenvalue weighted by Crippen LogP contribution is -2.46. The van der Waals surface area contributed by atoms with Crippen molar-refractivity contribution in [2.24, 2.45) is 0 Å². The summed E-state index contributed by atoms with van der Waals surface area (Å²) in [6, 6.07) is 15.5. The SMILES string of the molecule is O=C(c1ccc2c(c1)OCO2)N(CC(=O)N1CCc2sccc2C1c1ccc(Cl)cc1Cl)Cc1ccco1. The summed E-state index contributed by atoms with van der Waals surface area (Å²) in [5, 5.41) is 3.04. The molecule has 4 aromatic rings. The number of halogens is 2. The van der Waals surface area contributed by atoms with Crippen LogP contribution in [0.25, 0.3) is 0 Å². The normalized spacial score (nSPS) is 15.8. The monoisotopic (exact) mass is 568 g/mol. The van der Waals surface area contributed by atoms with Crippen molar-refractivity contribution in [2.45, 2.75) is 19.0 Å². The van der Waals surface area contributed by atoms with Crippen molar-refractivity contribution < 1.29 is 23.5 Å². The molecule has 0 spiro atoms. The summed E-state index contributed by atoms with van der Waals surface area (Å²) in [4.78, 5) is 32.1. The highest BCUT2D eigenvalue weighted by atomic mass is 35.5. The van der Waals surface area contributed by atoms with Gasteiger partial charge in [0, 0.05) is 27.0 Å². The molecule has 1 unspecified atom stereocenters. The average molecular weight is 569 g/mol. The van der Waals surface area contributed by atoms with Crippen LogP contribution in [0.2, 0.25) is 10.0 Å². The first-order valence-corrected chi connectivity index (χ1v) is 13.6. The van der Waals surface area contributed by atoms with Crippen molar-refractivity contribution in [3.05, 3.63) is 104 Å². The predicted octanol–water partition coefficient (Wildman–Crippen LogP) is 6.19. The van der Waals surface area contributed by atoms with Crippen LogP contribution in [0.15, 0.2) is 70.7 Å². The van der Waals surface area contributed by atoms with Gasteiger partial charge in [-0.1, -0.05) is 29.3 Å². The third-order valence-electron chi connectivity index (χ3n) is 6.70. The van der Waals surface area contributed by atoms with Crippen LogP contribution >= 0.6 is 34.5 Å². The van der Waals surface area contributed by atoms with Crippen molar-refractivity contribution in [1.82, 2.24) is 9.80 Å². The summed E-state index contributed by atoms with van der Waals surface area (Å²) in [6.07, 6.45) is 2.27. The van der Waals surface area contributed by atoms with Gasteiger partial charge in [-0.2, -0.15) is 0 Å². The molecule has 0 bridgehead atoms. The Labute approximate surface area is 233 Å². The Balaban J connectivity index is 1.32. The first kappa shape index (κ1) is 24.9. The molecular weight excluding hydrogens is 547 g/mol. The summed E-state index contributed by atoms with van der Waals surface area (Å²) in [7, 11) is 0. The summed E-state index contributed by atoms with van der Waals surface area (Å²) in [5.74, 6) is 1.14. The van der Waals surface area contributed by atoms with E-state index >= 15 is 0 Å². The Kier molecular flexibility index (Phi) is 6.78. The van der Waals surface area contributed by atoms with Gasteiger partial charge in [0.15, 0.2) is 11.5 Å². The highest BCUT2D eigenvalue weighted by Gasteiger charge is 2.35. The number of hydrogen-bond donors (Lipinski definition) is 0. The first-order chi connectivity index (χ1) is 18.5. The average Bonchev–Trinajstić information content (AvgIpc) is 3.69. The molecule has 0 saturated carbocycles. The number of benzene rings is 2. The molecule has 4 heterocycles. The Morgan fingerprint density at radius 3 is 2.71 bits per heavy atom. The van der Waals surface area contributed by atoms with E-state index in [2.05, 4.69) is 0 Å². The van der Waals surface area contributed by atoms with Crippen LogP contribution in [0.1, 0.15) is 38.2 Å². The van der Waals surface area contributed by atoms with Crippen LogP contribution in [0.5, 0.6) is 11.5 Å². The fraction of sp³-hybridized carbons (Fsp3) is 0.214. The maximum Gasteiger partial charge on any atom is 0.254 e. The second kappa shape index (κ2) is 10.4. The molecule has 2 aromatic carbocycles. The number of carbonyl (C=O) groups excluding carboxylic acids is 2. The number of fused-ring (bicyclic) bond motifs is 2. The summed E-state index contributed by atoms with van der Waals surface area (Å²) in [6.45, 7) is 0.601. The van der Waals surface area contributed by atoms with Gasteiger partial charge in [0.1, 0.15) is 12.3 Å². The molecule has 0 N–H and O–H groups in total. The van der Waals surface area contributed by atoms with Gasteiger partial charge >= 0.3 is 0 Å². The van der Waals surface area contributed by atoms with E-state index < -0.39 is 0 Å². The number of rotatable bonds is 6. The fourth-order valence-corrected chi connectivity index (χ4v) is 6.32. The number of thiophene rings is 1. The molecule has 1 atom stereocenters. The molecule has 2 aliphatic heterocycles. The minimum absolute atomic E-state index is 0.107. The Morgan fingerprint density at radius 1 is 1.03 bits per heavy atom. The van der Waals surface area contributed by atoms with Crippen LogP contribution in [0, 0.1) is 0 Å². The van der Waals surface area contributed by atoms with Crippen LogP contribution in [0.4, 0.5) is 0 Å². The number of amides is 2. The van der Waals surface area contributed by atoms with E-state index in [1.807, 2.05) is 17.5 Å². The molecule has 194 valence electrons. The third kappa shape index (κ3) is 4.75. The lowest BCUT2D eigenvalue weighted by molar-refractivity contribution is -0.134. The van der Waals surface area contributed by atoms with Crippen LogP contribution in [-0.2, 0) is 17.8 Å². The quantitative estimate of drug-likeness (QED) is 0.277. The van der Waals surface area contributed by atoms with Gasteiger partial charge < -0.3 is 23.7 Å². The lowest BCUT2D eigenvalue weighted by Gasteiger charge is -2.38. The molecule has 0 fully saturated rings. The topological polar surface area (TPSA) is 72.2 Å². The van der Waals surface area contributed by atoms with Crippen molar-refractivity contribution >= 4 is 46.4 Å². The number of ether oxygens (including phenoxy) is 2. The van der Waals surface area contributed by atoms with Gasteiger partial charge in [-0.15, -0.1) is 11.3 Å². The maximum atomic E-state index is 13.9. The Hall–Kier alpha value is -3.46. The van der Waals surface area contributed by atoms with Crippen molar-refractivity contribution in [3.63, 3.8) is 0 Å². The summed E-state index contributed by atoms with van der Waals surface area (Å²) >= 11 is 14.5. The smallest absolute Gasteiger partial charge is 0.254 e. The molecule has 0 saturated heterocycles. The zero-order valence-corrected chi connectivity index (χ0v) is 22.4. The van der Waals surface area contributed by atoms with Crippen molar-refractivity contribution in [2.75, 3.05) is 19.9 Å². The first-order valence-electron chi connectivity index (χ1n) is 12.0. The van der Waals surface area contributed by atoms with Crippen molar-refractivity contribution in [3.8, 4) is 11.5 Å². The maximum absolute atomic E-state index is 13.9. The highest BCUT2D eigenvalue weighted by molar-refractivity contribution is 7.10. The predicted molar refractivity (Wildman–Crippen MR) is 144 cm³/mol. The third-order valence-corrected chi connectivity index (χ3v) is 8.26. The Morgan fingerprint density at radius 2 is 1.89 bits per heavy atom. The largest absolute Gasteiger partial charge is 0.467 e. The molecule has 2 amide bonds. The van der Waals surface area contributed by atoms with Gasteiger partial charge in [0.05, 0.1) is 18.8 Å². The summed E-state index contributed by atoms with van der Waals surface area (Å²) in [5.41, 5.74) is 2.23. The van der Waals surface area contributed by atoms with Crippen molar-refractivity contribution in [1.29, 1.82) is 0 Å². The molecule has 7 nitrogen and oxygen atoms in total. The number of hydrogen-bond acceptors (Lipinski definition) is 6. The van der Waals surface area contributed by atoms with E-state index in [1.54, 1.807) is 65.0 Å². The molecule has 2 aliphatic rings. The second-order valence-electron chi connectivity index (χ2n) is 9.01. The van der Waals surface area contributed by atoms with Gasteiger partial charge in [0.25, 0.3) is 5.91 Å². The number of nitrogens with zero attached hydrogens (tertiary/aromatic N) is 2. The molecule has 38 heavy (non-hydrogen) atoms. The molecule has 0 radical (unpaired) electrons.